The molecule has 1 heterocycles. The molecule has 1 aromatic carbocycles. The Bertz CT molecular complexity index is 563. The van der Waals surface area contributed by atoms with Crippen LogP contribution in [0.2, 0.25) is 5.02 Å². The molecule has 0 fully saturated rings. The summed E-state index contributed by atoms with van der Waals surface area (Å²) < 4.78 is 0. The molecule has 5 heteroatoms. The van der Waals surface area contributed by atoms with Crippen LogP contribution in [0.25, 0.3) is 0 Å². The third kappa shape index (κ3) is 4.87. The molecule has 0 radical (unpaired) electrons. The largest absolute Gasteiger partial charge is 0.350 e. The molecule has 0 atom stereocenters. The molecule has 3 nitrogen and oxygen atoms in total. The highest BCUT2D eigenvalue weighted by atomic mass is 35.5. The standard InChI is InChI=1S/C15H15ClN2OS/c16-13-6-7-17-14(10-13)15(19)18-8-9-20-11-12-4-2-1-3-5-12/h1-7,10H,8-9,11H2,(H,18,19). The van der Waals surface area contributed by atoms with Gasteiger partial charge in [0.05, 0.1) is 0 Å². The van der Waals surface area contributed by atoms with E-state index < -0.39 is 0 Å². The zero-order chi connectivity index (χ0) is 14.2. The molecule has 2 rings (SSSR count). The van der Waals surface area contributed by atoms with Crippen LogP contribution in [0.15, 0.2) is 48.7 Å². The number of aromatic nitrogens is 1. The number of benzene rings is 1. The number of nitrogens with zero attached hydrogens (tertiary/aromatic N) is 1. The number of nitrogens with one attached hydrogen (secondary N) is 1. The van der Waals surface area contributed by atoms with Crippen LogP contribution >= 0.6 is 23.4 Å². The monoisotopic (exact) mass is 306 g/mol. The molecule has 0 aliphatic rings. The van der Waals surface area contributed by atoms with Gasteiger partial charge in [0, 0.05) is 29.3 Å². The second kappa shape index (κ2) is 7.92. The lowest BCUT2D eigenvalue weighted by Crippen LogP contribution is -2.26. The van der Waals surface area contributed by atoms with Gasteiger partial charge in [0.15, 0.2) is 0 Å². The number of hydrogen-bond acceptors (Lipinski definition) is 3. The first kappa shape index (κ1) is 14.9. The summed E-state index contributed by atoms with van der Waals surface area (Å²) in [6, 6.07) is 13.5. The van der Waals surface area contributed by atoms with E-state index in [1.54, 1.807) is 23.9 Å². The molecule has 0 aliphatic carbocycles. The van der Waals surface area contributed by atoms with Gasteiger partial charge in [-0.05, 0) is 17.7 Å². The fourth-order valence-electron chi connectivity index (χ4n) is 1.62. The van der Waals surface area contributed by atoms with Crippen molar-refractivity contribution in [2.24, 2.45) is 0 Å². The van der Waals surface area contributed by atoms with Crippen molar-refractivity contribution in [1.29, 1.82) is 0 Å². The molecule has 1 amide bonds. The average molecular weight is 307 g/mol. The average Bonchev–Trinajstić information content (AvgIpc) is 2.48. The van der Waals surface area contributed by atoms with Crippen LogP contribution in [0.1, 0.15) is 16.1 Å². The Balaban J connectivity index is 1.67. The molecule has 20 heavy (non-hydrogen) atoms. The van der Waals surface area contributed by atoms with Gasteiger partial charge in [-0.2, -0.15) is 11.8 Å². The van der Waals surface area contributed by atoms with Gasteiger partial charge in [-0.25, -0.2) is 0 Å². The molecule has 0 spiro atoms. The number of pyridine rings is 1. The molecule has 2 aromatic rings. The SMILES string of the molecule is O=C(NCCSCc1ccccc1)c1cc(Cl)ccn1. The van der Waals surface area contributed by atoms with E-state index in [-0.39, 0.29) is 5.91 Å². The maximum absolute atomic E-state index is 11.8. The molecule has 0 unspecified atom stereocenters. The fraction of sp³-hybridized carbons (Fsp3) is 0.200. The van der Waals surface area contributed by atoms with Gasteiger partial charge < -0.3 is 5.32 Å². The van der Waals surface area contributed by atoms with Crippen molar-refractivity contribution in [2.45, 2.75) is 5.75 Å². The zero-order valence-electron chi connectivity index (χ0n) is 10.9. The van der Waals surface area contributed by atoms with Crippen molar-refractivity contribution in [3.8, 4) is 0 Å². The Morgan fingerprint density at radius 2 is 2.05 bits per heavy atom. The molecule has 0 saturated carbocycles. The number of rotatable bonds is 6. The van der Waals surface area contributed by atoms with E-state index in [0.29, 0.717) is 17.3 Å². The van der Waals surface area contributed by atoms with Gasteiger partial charge in [0.1, 0.15) is 5.69 Å². The molecular formula is C15H15ClN2OS. The van der Waals surface area contributed by atoms with Crippen LogP contribution < -0.4 is 5.32 Å². The maximum Gasteiger partial charge on any atom is 0.269 e. The predicted octanol–water partition coefficient (Wildman–Crippen LogP) is 3.40. The van der Waals surface area contributed by atoms with E-state index in [1.807, 2.05) is 18.2 Å². The number of carbonyl (C=O) groups is 1. The van der Waals surface area contributed by atoms with E-state index in [9.17, 15) is 4.79 Å². The lowest BCUT2D eigenvalue weighted by Gasteiger charge is -2.05. The third-order valence-electron chi connectivity index (χ3n) is 2.60. The van der Waals surface area contributed by atoms with Crippen LogP contribution in [-0.4, -0.2) is 23.2 Å². The molecular weight excluding hydrogens is 292 g/mol. The maximum atomic E-state index is 11.8. The Morgan fingerprint density at radius 1 is 1.25 bits per heavy atom. The summed E-state index contributed by atoms with van der Waals surface area (Å²) in [5.74, 6) is 1.63. The van der Waals surface area contributed by atoms with E-state index in [1.165, 1.54) is 11.8 Å². The highest BCUT2D eigenvalue weighted by Crippen LogP contribution is 2.11. The smallest absolute Gasteiger partial charge is 0.269 e. The Labute approximate surface area is 127 Å². The lowest BCUT2D eigenvalue weighted by molar-refractivity contribution is 0.0951. The van der Waals surface area contributed by atoms with Crippen molar-refractivity contribution in [2.75, 3.05) is 12.3 Å². The first-order valence-corrected chi connectivity index (χ1v) is 7.80. The minimum Gasteiger partial charge on any atom is -0.350 e. The number of carbonyl (C=O) groups excluding carboxylic acids is 1. The Morgan fingerprint density at radius 3 is 2.80 bits per heavy atom. The molecule has 0 aliphatic heterocycles. The van der Waals surface area contributed by atoms with Crippen molar-refractivity contribution in [3.05, 3.63) is 64.9 Å². The van der Waals surface area contributed by atoms with Crippen molar-refractivity contribution in [1.82, 2.24) is 10.3 Å². The van der Waals surface area contributed by atoms with Crippen LogP contribution in [0.4, 0.5) is 0 Å². The quantitative estimate of drug-likeness (QED) is 0.832. The Kier molecular flexibility index (Phi) is 5.89. The second-order valence-electron chi connectivity index (χ2n) is 4.15. The molecule has 0 bridgehead atoms. The predicted molar refractivity (Wildman–Crippen MR) is 84.2 cm³/mol. The number of halogens is 1. The van der Waals surface area contributed by atoms with E-state index in [0.717, 1.165) is 11.5 Å². The first-order valence-electron chi connectivity index (χ1n) is 6.27. The number of hydrogen-bond donors (Lipinski definition) is 1. The summed E-state index contributed by atoms with van der Waals surface area (Å²) in [4.78, 5) is 15.8. The van der Waals surface area contributed by atoms with Crippen molar-refractivity contribution >= 4 is 29.3 Å². The van der Waals surface area contributed by atoms with Gasteiger partial charge in [-0.1, -0.05) is 41.9 Å². The highest BCUT2D eigenvalue weighted by Gasteiger charge is 2.06. The lowest BCUT2D eigenvalue weighted by atomic mass is 10.2. The fourth-order valence-corrected chi connectivity index (χ4v) is 2.60. The third-order valence-corrected chi connectivity index (χ3v) is 3.86. The first-order chi connectivity index (χ1) is 9.75. The zero-order valence-corrected chi connectivity index (χ0v) is 12.5. The molecule has 1 N–H and O–H groups in total. The van der Waals surface area contributed by atoms with Crippen molar-refractivity contribution < 1.29 is 4.79 Å². The summed E-state index contributed by atoms with van der Waals surface area (Å²) in [6.07, 6.45) is 1.53. The highest BCUT2D eigenvalue weighted by molar-refractivity contribution is 7.98. The van der Waals surface area contributed by atoms with Gasteiger partial charge >= 0.3 is 0 Å². The van der Waals surface area contributed by atoms with E-state index in [2.05, 4.69) is 22.4 Å². The molecule has 104 valence electrons. The van der Waals surface area contributed by atoms with Gasteiger partial charge in [0.25, 0.3) is 5.91 Å². The number of amides is 1. The van der Waals surface area contributed by atoms with E-state index >= 15 is 0 Å². The molecule has 1 aromatic heterocycles. The summed E-state index contributed by atoms with van der Waals surface area (Å²) in [6.45, 7) is 0.616. The molecule has 0 saturated heterocycles. The minimum atomic E-state index is -0.187. The van der Waals surface area contributed by atoms with Crippen LogP contribution in [0.5, 0.6) is 0 Å². The Hall–Kier alpha value is -1.52. The topological polar surface area (TPSA) is 42.0 Å². The van der Waals surface area contributed by atoms with Gasteiger partial charge in [-0.15, -0.1) is 0 Å². The van der Waals surface area contributed by atoms with Gasteiger partial charge in [-0.3, -0.25) is 9.78 Å². The van der Waals surface area contributed by atoms with Crippen LogP contribution in [0.3, 0.4) is 0 Å². The summed E-state index contributed by atoms with van der Waals surface area (Å²) in [5, 5.41) is 3.35. The van der Waals surface area contributed by atoms with E-state index in [4.69, 9.17) is 11.6 Å². The number of thioether (sulfide) groups is 1. The minimum absolute atomic E-state index is 0.187. The summed E-state index contributed by atoms with van der Waals surface area (Å²) in [5.41, 5.74) is 1.64. The summed E-state index contributed by atoms with van der Waals surface area (Å²) >= 11 is 7.60. The van der Waals surface area contributed by atoms with Crippen molar-refractivity contribution in [3.63, 3.8) is 0 Å². The van der Waals surface area contributed by atoms with Crippen LogP contribution in [-0.2, 0) is 5.75 Å². The van der Waals surface area contributed by atoms with Gasteiger partial charge in [0.2, 0.25) is 0 Å². The second-order valence-corrected chi connectivity index (χ2v) is 5.69. The van der Waals surface area contributed by atoms with Crippen LogP contribution in [0, 0.1) is 0 Å². The normalized spacial score (nSPS) is 10.2. The summed E-state index contributed by atoms with van der Waals surface area (Å²) in [7, 11) is 0.